The lowest BCUT2D eigenvalue weighted by Crippen LogP contribution is -2.56. The second kappa shape index (κ2) is 6.87. The molecule has 0 aromatic heterocycles. The summed E-state index contributed by atoms with van der Waals surface area (Å²) >= 11 is 0. The molecule has 1 aliphatic carbocycles. The normalized spacial score (nSPS) is 34.0. The molecule has 0 aromatic rings. The van der Waals surface area contributed by atoms with E-state index >= 15 is 0 Å². The lowest BCUT2D eigenvalue weighted by Gasteiger charge is -2.42. The number of piperazine rings is 1. The summed E-state index contributed by atoms with van der Waals surface area (Å²) in [6.45, 7) is 7.05. The molecule has 2 aliphatic rings. The fourth-order valence-corrected chi connectivity index (χ4v) is 3.52. The van der Waals surface area contributed by atoms with Crippen LogP contribution < -0.4 is 5.73 Å². The Labute approximate surface area is 122 Å². The molecule has 1 saturated carbocycles. The number of hydrogen-bond donors (Lipinski definition) is 2. The lowest BCUT2D eigenvalue weighted by atomic mass is 9.85. The molecule has 3 N–H and O–H groups in total. The Kier molecular flexibility index (Phi) is 5.41. The van der Waals surface area contributed by atoms with Crippen LogP contribution in [0.3, 0.4) is 0 Å². The number of rotatable bonds is 3. The zero-order valence-electron chi connectivity index (χ0n) is 12.8. The standard InChI is InChI=1S/C15H29N3O2/c1-11-9-18(7-6-17(11)10-12(2)19)15(20)13-4-3-5-14(16)8-13/h11-14,19H,3-10,16H2,1-2H3. The van der Waals surface area contributed by atoms with Crippen LogP contribution in [0, 0.1) is 5.92 Å². The summed E-state index contributed by atoms with van der Waals surface area (Å²) in [5.41, 5.74) is 5.99. The molecule has 116 valence electrons. The number of aliphatic hydroxyl groups excluding tert-OH is 1. The van der Waals surface area contributed by atoms with E-state index in [0.29, 0.717) is 18.5 Å². The number of aliphatic hydroxyl groups is 1. The highest BCUT2D eigenvalue weighted by molar-refractivity contribution is 5.79. The Morgan fingerprint density at radius 1 is 1.40 bits per heavy atom. The van der Waals surface area contributed by atoms with Gasteiger partial charge in [-0.3, -0.25) is 9.69 Å². The third-order valence-electron chi connectivity index (χ3n) is 4.64. The molecule has 20 heavy (non-hydrogen) atoms. The molecule has 4 atom stereocenters. The summed E-state index contributed by atoms with van der Waals surface area (Å²) in [4.78, 5) is 16.8. The molecule has 0 aromatic carbocycles. The van der Waals surface area contributed by atoms with E-state index in [1.165, 1.54) is 0 Å². The van der Waals surface area contributed by atoms with E-state index in [2.05, 4.69) is 11.8 Å². The van der Waals surface area contributed by atoms with Gasteiger partial charge in [0.05, 0.1) is 6.10 Å². The maximum atomic E-state index is 12.6. The van der Waals surface area contributed by atoms with Gasteiger partial charge in [-0.15, -0.1) is 0 Å². The largest absolute Gasteiger partial charge is 0.392 e. The van der Waals surface area contributed by atoms with Crippen molar-refractivity contribution in [2.24, 2.45) is 11.7 Å². The molecule has 0 bridgehead atoms. The van der Waals surface area contributed by atoms with Crippen molar-refractivity contribution in [3.05, 3.63) is 0 Å². The quantitative estimate of drug-likeness (QED) is 0.787. The average Bonchev–Trinajstić information content (AvgIpc) is 2.40. The van der Waals surface area contributed by atoms with E-state index < -0.39 is 0 Å². The summed E-state index contributed by atoms with van der Waals surface area (Å²) in [6, 6.07) is 0.520. The molecule has 2 rings (SSSR count). The van der Waals surface area contributed by atoms with Gasteiger partial charge in [0.15, 0.2) is 0 Å². The predicted molar refractivity (Wildman–Crippen MR) is 79.2 cm³/mol. The molecule has 2 fully saturated rings. The van der Waals surface area contributed by atoms with Gasteiger partial charge in [0.25, 0.3) is 0 Å². The summed E-state index contributed by atoms with van der Waals surface area (Å²) < 4.78 is 0. The maximum Gasteiger partial charge on any atom is 0.225 e. The van der Waals surface area contributed by atoms with Gasteiger partial charge >= 0.3 is 0 Å². The molecular formula is C15H29N3O2. The maximum absolute atomic E-state index is 12.6. The van der Waals surface area contributed by atoms with Crippen LogP contribution in [0.15, 0.2) is 0 Å². The van der Waals surface area contributed by atoms with E-state index in [1.807, 2.05) is 11.8 Å². The molecule has 5 nitrogen and oxygen atoms in total. The van der Waals surface area contributed by atoms with E-state index in [-0.39, 0.29) is 18.1 Å². The van der Waals surface area contributed by atoms with Crippen LogP contribution in [0.4, 0.5) is 0 Å². The van der Waals surface area contributed by atoms with E-state index in [9.17, 15) is 9.90 Å². The fourth-order valence-electron chi connectivity index (χ4n) is 3.52. The molecule has 1 saturated heterocycles. The van der Waals surface area contributed by atoms with Crippen molar-refractivity contribution in [3.8, 4) is 0 Å². The predicted octanol–water partition coefficient (Wildman–Crippen LogP) is 0.417. The van der Waals surface area contributed by atoms with Crippen LogP contribution in [0.1, 0.15) is 39.5 Å². The smallest absolute Gasteiger partial charge is 0.225 e. The highest BCUT2D eigenvalue weighted by Gasteiger charge is 2.33. The number of amides is 1. The van der Waals surface area contributed by atoms with Gasteiger partial charge in [-0.05, 0) is 33.1 Å². The van der Waals surface area contributed by atoms with Crippen LogP contribution in [0.2, 0.25) is 0 Å². The Morgan fingerprint density at radius 3 is 2.75 bits per heavy atom. The number of nitrogens with two attached hydrogens (primary N) is 1. The molecule has 1 aliphatic heterocycles. The van der Waals surface area contributed by atoms with Crippen LogP contribution in [-0.4, -0.2) is 65.2 Å². The van der Waals surface area contributed by atoms with Gasteiger partial charge in [0.2, 0.25) is 5.91 Å². The summed E-state index contributed by atoms with van der Waals surface area (Å²) in [7, 11) is 0. The zero-order chi connectivity index (χ0) is 14.7. The second-order valence-electron chi connectivity index (χ2n) is 6.60. The SMILES string of the molecule is CC(O)CN1CCN(C(=O)C2CCCC(N)C2)CC1C. The first-order chi connectivity index (χ1) is 9.47. The van der Waals surface area contributed by atoms with Crippen molar-refractivity contribution >= 4 is 5.91 Å². The van der Waals surface area contributed by atoms with Crippen molar-refractivity contribution in [3.63, 3.8) is 0 Å². The Bertz CT molecular complexity index is 335. The Morgan fingerprint density at radius 2 is 2.15 bits per heavy atom. The van der Waals surface area contributed by atoms with Gasteiger partial charge in [-0.2, -0.15) is 0 Å². The minimum Gasteiger partial charge on any atom is -0.392 e. The van der Waals surface area contributed by atoms with Crippen molar-refractivity contribution in [1.29, 1.82) is 0 Å². The third-order valence-corrected chi connectivity index (χ3v) is 4.64. The van der Waals surface area contributed by atoms with E-state index in [1.54, 1.807) is 0 Å². The Hall–Kier alpha value is -0.650. The first-order valence-electron chi connectivity index (χ1n) is 7.94. The zero-order valence-corrected chi connectivity index (χ0v) is 12.8. The molecule has 0 radical (unpaired) electrons. The highest BCUT2D eigenvalue weighted by Crippen LogP contribution is 2.26. The number of hydrogen-bond acceptors (Lipinski definition) is 4. The molecule has 4 unspecified atom stereocenters. The summed E-state index contributed by atoms with van der Waals surface area (Å²) in [5, 5.41) is 9.49. The summed E-state index contributed by atoms with van der Waals surface area (Å²) in [6.07, 6.45) is 3.67. The number of carbonyl (C=O) groups is 1. The fraction of sp³-hybridized carbons (Fsp3) is 0.933. The van der Waals surface area contributed by atoms with Gasteiger partial charge in [0, 0.05) is 44.2 Å². The molecule has 0 spiro atoms. The van der Waals surface area contributed by atoms with Crippen LogP contribution in [0.5, 0.6) is 0 Å². The van der Waals surface area contributed by atoms with Gasteiger partial charge in [-0.25, -0.2) is 0 Å². The lowest BCUT2D eigenvalue weighted by molar-refractivity contribution is -0.139. The number of nitrogens with zero attached hydrogens (tertiary/aromatic N) is 2. The number of carbonyl (C=O) groups excluding carboxylic acids is 1. The van der Waals surface area contributed by atoms with Gasteiger partial charge in [0.1, 0.15) is 0 Å². The highest BCUT2D eigenvalue weighted by atomic mass is 16.3. The number of β-amino-alcohol motifs (C(OH)–C–C–N with tert-alkyl or cyclic N) is 1. The topological polar surface area (TPSA) is 69.8 Å². The monoisotopic (exact) mass is 283 g/mol. The van der Waals surface area contributed by atoms with Crippen LogP contribution in [-0.2, 0) is 4.79 Å². The first kappa shape index (κ1) is 15.7. The third kappa shape index (κ3) is 3.93. The minimum absolute atomic E-state index is 0.134. The van der Waals surface area contributed by atoms with Crippen molar-refractivity contribution in [2.45, 2.75) is 57.7 Å². The summed E-state index contributed by atoms with van der Waals surface area (Å²) in [5.74, 6) is 0.429. The van der Waals surface area contributed by atoms with E-state index in [4.69, 9.17) is 5.73 Å². The molecular weight excluding hydrogens is 254 g/mol. The molecule has 1 amide bonds. The van der Waals surface area contributed by atoms with Crippen LogP contribution in [0.25, 0.3) is 0 Å². The average molecular weight is 283 g/mol. The van der Waals surface area contributed by atoms with Crippen LogP contribution >= 0.6 is 0 Å². The second-order valence-corrected chi connectivity index (χ2v) is 6.60. The van der Waals surface area contributed by atoms with Crippen molar-refractivity contribution in [2.75, 3.05) is 26.2 Å². The Balaban J connectivity index is 1.86. The first-order valence-corrected chi connectivity index (χ1v) is 7.94. The van der Waals surface area contributed by atoms with E-state index in [0.717, 1.165) is 45.3 Å². The molecule has 5 heteroatoms. The van der Waals surface area contributed by atoms with Gasteiger partial charge < -0.3 is 15.7 Å². The minimum atomic E-state index is -0.309. The molecule has 1 heterocycles. The van der Waals surface area contributed by atoms with Crippen molar-refractivity contribution < 1.29 is 9.90 Å². The van der Waals surface area contributed by atoms with Gasteiger partial charge in [-0.1, -0.05) is 6.42 Å². The van der Waals surface area contributed by atoms with Crippen molar-refractivity contribution in [1.82, 2.24) is 9.80 Å².